The first kappa shape index (κ1) is 25.4. The summed E-state index contributed by atoms with van der Waals surface area (Å²) in [5.74, 6) is -0.926. The van der Waals surface area contributed by atoms with Crippen LogP contribution < -0.4 is 5.32 Å². The number of para-hydroxylation sites is 1. The van der Waals surface area contributed by atoms with Crippen molar-refractivity contribution < 1.29 is 14.7 Å². The number of thiophene rings is 1. The third-order valence-corrected chi connectivity index (χ3v) is 6.99. The first-order valence-corrected chi connectivity index (χ1v) is 12.3. The number of benzene rings is 2. The molecule has 2 N–H and O–H groups in total. The van der Waals surface area contributed by atoms with Gasteiger partial charge in [0.05, 0.1) is 15.7 Å². The van der Waals surface area contributed by atoms with Crippen LogP contribution in [0.3, 0.4) is 0 Å². The van der Waals surface area contributed by atoms with Gasteiger partial charge in [-0.3, -0.25) is 0 Å². The number of rotatable bonds is 10. The minimum Gasteiger partial charge on any atom is -0.477 e. The van der Waals surface area contributed by atoms with E-state index in [1.165, 1.54) is 11.3 Å². The smallest absolute Gasteiger partial charge is 0.345 e. The molecule has 5 nitrogen and oxygen atoms in total. The van der Waals surface area contributed by atoms with Crippen molar-refractivity contribution in [2.75, 3.05) is 18.4 Å². The molecule has 0 unspecified atom stereocenters. The maximum absolute atomic E-state index is 13.1. The average Bonchev–Trinajstić information content (AvgIpc) is 3.25. The summed E-state index contributed by atoms with van der Waals surface area (Å²) < 4.78 is 0. The molecule has 2 aromatic carbocycles. The summed E-state index contributed by atoms with van der Waals surface area (Å²) in [6.45, 7) is 1.04. The molecule has 0 fully saturated rings. The van der Waals surface area contributed by atoms with Gasteiger partial charge in [-0.2, -0.15) is 0 Å². The largest absolute Gasteiger partial charge is 0.477 e. The quantitative estimate of drug-likeness (QED) is 0.288. The lowest BCUT2D eigenvalue weighted by molar-refractivity contribution is 0.0702. The number of urea groups is 1. The molecular formula is C24H23Cl3N2O3S. The summed E-state index contributed by atoms with van der Waals surface area (Å²) in [5.41, 5.74) is 1.49. The van der Waals surface area contributed by atoms with Gasteiger partial charge in [0.15, 0.2) is 0 Å². The zero-order valence-electron chi connectivity index (χ0n) is 17.7. The average molecular weight is 526 g/mol. The molecule has 1 aromatic heterocycles. The Morgan fingerprint density at radius 3 is 2.21 bits per heavy atom. The molecule has 3 aromatic rings. The van der Waals surface area contributed by atoms with Gasteiger partial charge in [-0.05, 0) is 67.6 Å². The zero-order chi connectivity index (χ0) is 23.8. The van der Waals surface area contributed by atoms with Gasteiger partial charge in [0.2, 0.25) is 0 Å². The van der Waals surface area contributed by atoms with Crippen LogP contribution in [0.5, 0.6) is 0 Å². The van der Waals surface area contributed by atoms with Crippen molar-refractivity contribution in [3.63, 3.8) is 0 Å². The minimum absolute atomic E-state index is 0.284. The Balaban J connectivity index is 1.63. The monoisotopic (exact) mass is 524 g/mol. The van der Waals surface area contributed by atoms with E-state index in [0.717, 1.165) is 23.3 Å². The number of carbonyl (C=O) groups is 2. The molecule has 0 radical (unpaired) electrons. The van der Waals surface area contributed by atoms with E-state index in [1.807, 2.05) is 30.3 Å². The van der Waals surface area contributed by atoms with Gasteiger partial charge < -0.3 is 15.3 Å². The number of nitrogens with one attached hydrogen (secondary N) is 1. The van der Waals surface area contributed by atoms with Crippen molar-refractivity contribution in [2.45, 2.75) is 25.7 Å². The van der Waals surface area contributed by atoms with Crippen molar-refractivity contribution in [1.82, 2.24) is 4.90 Å². The van der Waals surface area contributed by atoms with Gasteiger partial charge in [0, 0.05) is 23.0 Å². The Labute approximate surface area is 211 Å². The standard InChI is InChI=1S/C24H23Cl3N2O3S/c25-17-7-1-5-16(15-17)6-3-13-29(14-4-8-18-11-12-21(33-18)23(30)31)24(32)28-22-19(26)9-2-10-20(22)27/h1-2,5,7,9-12,15H,3-4,6,8,13-14H2,(H,28,32)(H,30,31). The number of nitrogens with zero attached hydrogens (tertiary/aromatic N) is 1. The fourth-order valence-corrected chi connectivity index (χ4v) is 4.95. The van der Waals surface area contributed by atoms with E-state index in [2.05, 4.69) is 5.32 Å². The van der Waals surface area contributed by atoms with Crippen molar-refractivity contribution in [2.24, 2.45) is 0 Å². The van der Waals surface area contributed by atoms with E-state index in [-0.39, 0.29) is 6.03 Å². The van der Waals surface area contributed by atoms with Gasteiger partial charge in [-0.25, -0.2) is 9.59 Å². The van der Waals surface area contributed by atoms with E-state index in [1.54, 1.807) is 29.2 Å². The maximum atomic E-state index is 13.1. The van der Waals surface area contributed by atoms with Crippen molar-refractivity contribution >= 4 is 63.8 Å². The number of anilines is 1. The molecule has 0 aliphatic rings. The molecule has 1 heterocycles. The Bertz CT molecular complexity index is 1100. The van der Waals surface area contributed by atoms with Crippen LogP contribution in [0.4, 0.5) is 10.5 Å². The number of halogens is 3. The fraction of sp³-hybridized carbons (Fsp3) is 0.250. The predicted molar refractivity (Wildman–Crippen MR) is 136 cm³/mol. The lowest BCUT2D eigenvalue weighted by Crippen LogP contribution is -2.37. The molecule has 0 spiro atoms. The summed E-state index contributed by atoms with van der Waals surface area (Å²) in [4.78, 5) is 27.2. The lowest BCUT2D eigenvalue weighted by atomic mass is 10.1. The first-order valence-electron chi connectivity index (χ1n) is 10.4. The van der Waals surface area contributed by atoms with Gasteiger partial charge in [-0.1, -0.05) is 53.0 Å². The number of carboxylic acids is 1. The highest BCUT2D eigenvalue weighted by molar-refractivity contribution is 7.13. The molecule has 174 valence electrons. The van der Waals surface area contributed by atoms with Crippen LogP contribution in [0.15, 0.2) is 54.6 Å². The number of amides is 2. The molecular weight excluding hydrogens is 503 g/mol. The number of aromatic carboxylic acids is 1. The van der Waals surface area contributed by atoms with Gasteiger partial charge in [-0.15, -0.1) is 11.3 Å². The molecule has 2 amide bonds. The number of aryl methyl sites for hydroxylation is 2. The van der Waals surface area contributed by atoms with E-state index in [4.69, 9.17) is 39.9 Å². The molecule has 0 saturated carbocycles. The van der Waals surface area contributed by atoms with Crippen LogP contribution in [0, 0.1) is 0 Å². The van der Waals surface area contributed by atoms with Crippen LogP contribution in [-0.4, -0.2) is 35.1 Å². The van der Waals surface area contributed by atoms with E-state index in [9.17, 15) is 9.59 Å². The van der Waals surface area contributed by atoms with Crippen molar-refractivity contribution in [3.05, 3.63) is 85.0 Å². The fourth-order valence-electron chi connectivity index (χ4n) is 3.36. The van der Waals surface area contributed by atoms with Crippen molar-refractivity contribution in [3.8, 4) is 0 Å². The highest BCUT2D eigenvalue weighted by Gasteiger charge is 2.17. The van der Waals surface area contributed by atoms with E-state index >= 15 is 0 Å². The van der Waals surface area contributed by atoms with Crippen LogP contribution in [-0.2, 0) is 12.8 Å². The highest BCUT2D eigenvalue weighted by atomic mass is 35.5. The minimum atomic E-state index is -0.926. The molecule has 9 heteroatoms. The van der Waals surface area contributed by atoms with Crippen LogP contribution in [0.1, 0.15) is 33.0 Å². The Morgan fingerprint density at radius 2 is 1.58 bits per heavy atom. The Kier molecular flexibility index (Phi) is 9.44. The summed E-state index contributed by atoms with van der Waals surface area (Å²) >= 11 is 19.8. The molecule has 0 aliphatic carbocycles. The second-order valence-corrected chi connectivity index (χ2v) is 9.84. The Hall–Kier alpha value is -2.25. The summed E-state index contributed by atoms with van der Waals surface area (Å²) in [6, 6.07) is 15.9. The molecule has 3 rings (SSSR count). The number of carbonyl (C=O) groups excluding carboxylic acids is 1. The predicted octanol–water partition coefficient (Wildman–Crippen LogP) is 7.51. The summed E-state index contributed by atoms with van der Waals surface area (Å²) in [7, 11) is 0. The SMILES string of the molecule is O=C(O)c1ccc(CCCN(CCCc2cccc(Cl)c2)C(=O)Nc2c(Cl)cccc2Cl)s1. The number of hydrogen-bond acceptors (Lipinski definition) is 3. The van der Waals surface area contributed by atoms with Crippen molar-refractivity contribution in [1.29, 1.82) is 0 Å². The zero-order valence-corrected chi connectivity index (χ0v) is 20.8. The van der Waals surface area contributed by atoms with E-state index in [0.29, 0.717) is 51.6 Å². The van der Waals surface area contributed by atoms with Gasteiger partial charge >= 0.3 is 12.0 Å². The molecule has 33 heavy (non-hydrogen) atoms. The third-order valence-electron chi connectivity index (χ3n) is 4.99. The van der Waals surface area contributed by atoms with E-state index < -0.39 is 5.97 Å². The normalized spacial score (nSPS) is 10.8. The second-order valence-electron chi connectivity index (χ2n) is 7.42. The first-order chi connectivity index (χ1) is 15.8. The maximum Gasteiger partial charge on any atom is 0.345 e. The Morgan fingerprint density at radius 1 is 0.909 bits per heavy atom. The van der Waals surface area contributed by atoms with Gasteiger partial charge in [0.1, 0.15) is 4.88 Å². The number of hydrogen-bond donors (Lipinski definition) is 2. The topological polar surface area (TPSA) is 69.6 Å². The lowest BCUT2D eigenvalue weighted by Gasteiger charge is -2.24. The van der Waals surface area contributed by atoms with Crippen LogP contribution in [0.2, 0.25) is 15.1 Å². The highest BCUT2D eigenvalue weighted by Crippen LogP contribution is 2.30. The molecule has 0 bridgehead atoms. The summed E-state index contributed by atoms with van der Waals surface area (Å²) in [5, 5.41) is 13.4. The van der Waals surface area contributed by atoms with Crippen LogP contribution >= 0.6 is 46.1 Å². The number of carboxylic acid groups (broad SMARTS) is 1. The van der Waals surface area contributed by atoms with Gasteiger partial charge in [0.25, 0.3) is 0 Å². The molecule has 0 aliphatic heterocycles. The summed E-state index contributed by atoms with van der Waals surface area (Å²) in [6.07, 6.45) is 2.92. The molecule has 0 atom stereocenters. The second kappa shape index (κ2) is 12.3. The molecule has 0 saturated heterocycles. The van der Waals surface area contributed by atoms with Crippen LogP contribution in [0.25, 0.3) is 0 Å². The third kappa shape index (κ3) is 7.64.